The van der Waals surface area contributed by atoms with Gasteiger partial charge in [0.1, 0.15) is 12.4 Å². The first-order valence-corrected chi connectivity index (χ1v) is 6.26. The second kappa shape index (κ2) is 6.21. The summed E-state index contributed by atoms with van der Waals surface area (Å²) in [6.07, 6.45) is 0. The fourth-order valence-electron chi connectivity index (χ4n) is 1.66. The molecule has 2 aromatic rings. The number of nitrogens with zero attached hydrogens (tertiary/aromatic N) is 2. The number of hydrogen-bond donors (Lipinski definition) is 2. The molecule has 0 radical (unpaired) electrons. The van der Waals surface area contributed by atoms with Gasteiger partial charge in [-0.15, -0.1) is 0 Å². The first kappa shape index (κ1) is 14.1. The third-order valence-electron chi connectivity index (χ3n) is 2.82. The Morgan fingerprint density at radius 1 is 1.40 bits per heavy atom. The zero-order valence-electron chi connectivity index (χ0n) is 11.5. The van der Waals surface area contributed by atoms with Gasteiger partial charge in [-0.1, -0.05) is 0 Å². The van der Waals surface area contributed by atoms with Gasteiger partial charge in [0.25, 0.3) is 5.91 Å². The molecule has 0 bridgehead atoms. The number of anilines is 1. The number of carbonyl (C=O) groups is 1. The van der Waals surface area contributed by atoms with Crippen LogP contribution in [-0.2, 0) is 7.05 Å². The number of aliphatic hydroxyl groups excluding tert-OH is 1. The summed E-state index contributed by atoms with van der Waals surface area (Å²) in [6.45, 7) is 2.10. The van der Waals surface area contributed by atoms with Crippen molar-refractivity contribution >= 4 is 11.6 Å². The van der Waals surface area contributed by atoms with Gasteiger partial charge in [-0.25, -0.2) is 0 Å². The molecule has 0 aliphatic heterocycles. The lowest BCUT2D eigenvalue weighted by Crippen LogP contribution is -2.13. The minimum atomic E-state index is -0.252. The summed E-state index contributed by atoms with van der Waals surface area (Å²) in [4.78, 5) is 12.0. The van der Waals surface area contributed by atoms with Crippen molar-refractivity contribution in [1.82, 2.24) is 9.78 Å². The van der Waals surface area contributed by atoms with Crippen LogP contribution in [0.4, 0.5) is 5.69 Å². The van der Waals surface area contributed by atoms with E-state index in [-0.39, 0.29) is 19.1 Å². The van der Waals surface area contributed by atoms with Gasteiger partial charge in [-0.2, -0.15) is 5.10 Å². The van der Waals surface area contributed by atoms with E-state index in [9.17, 15) is 4.79 Å². The summed E-state index contributed by atoms with van der Waals surface area (Å²) >= 11 is 0. The van der Waals surface area contributed by atoms with Crippen molar-refractivity contribution in [3.05, 3.63) is 41.7 Å². The van der Waals surface area contributed by atoms with Gasteiger partial charge in [-0.3, -0.25) is 9.48 Å². The maximum Gasteiger partial charge on any atom is 0.276 e. The molecule has 106 valence electrons. The number of nitrogens with one attached hydrogen (secondary N) is 1. The fraction of sp³-hybridized carbons (Fsp3) is 0.286. The number of amides is 1. The third-order valence-corrected chi connectivity index (χ3v) is 2.82. The number of hydrogen-bond acceptors (Lipinski definition) is 4. The average molecular weight is 275 g/mol. The fourth-order valence-corrected chi connectivity index (χ4v) is 1.66. The van der Waals surface area contributed by atoms with Crippen molar-refractivity contribution in [3.63, 3.8) is 0 Å². The molecule has 6 nitrogen and oxygen atoms in total. The molecule has 6 heteroatoms. The molecular weight excluding hydrogens is 258 g/mol. The zero-order chi connectivity index (χ0) is 14.5. The average Bonchev–Trinajstić information content (AvgIpc) is 2.78. The summed E-state index contributed by atoms with van der Waals surface area (Å²) in [5.74, 6) is 0.392. The number of aromatic nitrogens is 2. The van der Waals surface area contributed by atoms with Gasteiger partial charge < -0.3 is 15.2 Å². The molecule has 0 spiro atoms. The van der Waals surface area contributed by atoms with E-state index >= 15 is 0 Å². The van der Waals surface area contributed by atoms with Crippen LogP contribution in [0.1, 0.15) is 16.2 Å². The van der Waals surface area contributed by atoms with Crippen molar-refractivity contribution in [2.24, 2.45) is 7.05 Å². The minimum absolute atomic E-state index is 0.0302. The first-order valence-electron chi connectivity index (χ1n) is 6.26. The normalized spacial score (nSPS) is 10.3. The van der Waals surface area contributed by atoms with E-state index < -0.39 is 0 Å². The van der Waals surface area contributed by atoms with Crippen LogP contribution in [0, 0.1) is 6.92 Å². The lowest BCUT2D eigenvalue weighted by atomic mass is 10.3. The Kier molecular flexibility index (Phi) is 4.37. The van der Waals surface area contributed by atoms with Crippen molar-refractivity contribution in [1.29, 1.82) is 0 Å². The number of aryl methyl sites for hydroxylation is 2. The van der Waals surface area contributed by atoms with Gasteiger partial charge in [0.15, 0.2) is 5.69 Å². The monoisotopic (exact) mass is 275 g/mol. The molecule has 0 atom stereocenters. The van der Waals surface area contributed by atoms with E-state index in [2.05, 4.69) is 10.4 Å². The number of carbonyl (C=O) groups excluding carboxylic acids is 1. The Labute approximate surface area is 117 Å². The molecule has 1 aromatic carbocycles. The number of rotatable bonds is 5. The Hall–Kier alpha value is -2.34. The van der Waals surface area contributed by atoms with Crippen molar-refractivity contribution < 1.29 is 14.6 Å². The van der Waals surface area contributed by atoms with E-state index in [4.69, 9.17) is 9.84 Å². The Balaban J connectivity index is 2.00. The number of ether oxygens (including phenoxy) is 1. The molecule has 0 saturated carbocycles. The second-order valence-corrected chi connectivity index (χ2v) is 4.35. The summed E-state index contributed by atoms with van der Waals surface area (Å²) < 4.78 is 6.89. The Morgan fingerprint density at radius 3 is 2.65 bits per heavy atom. The van der Waals surface area contributed by atoms with Gasteiger partial charge in [-0.05, 0) is 37.3 Å². The molecule has 0 aliphatic rings. The van der Waals surface area contributed by atoms with Crippen LogP contribution >= 0.6 is 0 Å². The van der Waals surface area contributed by atoms with E-state index in [1.165, 1.54) is 0 Å². The SMILES string of the molecule is Cc1cc(C(=O)Nc2ccc(OCCO)cc2)nn1C. The molecule has 0 unspecified atom stereocenters. The molecule has 1 amide bonds. The van der Waals surface area contributed by atoms with E-state index in [0.29, 0.717) is 17.1 Å². The van der Waals surface area contributed by atoms with Crippen LogP contribution in [0.2, 0.25) is 0 Å². The highest BCUT2D eigenvalue weighted by Crippen LogP contribution is 2.16. The van der Waals surface area contributed by atoms with Gasteiger partial charge in [0.05, 0.1) is 6.61 Å². The first-order chi connectivity index (χ1) is 9.60. The van der Waals surface area contributed by atoms with Crippen molar-refractivity contribution in [2.75, 3.05) is 18.5 Å². The molecular formula is C14H17N3O3. The van der Waals surface area contributed by atoms with Crippen molar-refractivity contribution in [2.45, 2.75) is 6.92 Å². The molecule has 0 saturated heterocycles. The topological polar surface area (TPSA) is 76.4 Å². The van der Waals surface area contributed by atoms with Crippen LogP contribution in [0.3, 0.4) is 0 Å². The van der Waals surface area contributed by atoms with E-state index in [1.807, 2.05) is 6.92 Å². The standard InChI is InChI=1S/C14H17N3O3/c1-10-9-13(16-17(10)2)14(19)15-11-3-5-12(6-4-11)20-8-7-18/h3-6,9,18H,7-8H2,1-2H3,(H,15,19). The smallest absolute Gasteiger partial charge is 0.276 e. The molecule has 0 fully saturated rings. The molecule has 1 heterocycles. The van der Waals surface area contributed by atoms with Crippen LogP contribution in [0.25, 0.3) is 0 Å². The molecule has 0 aliphatic carbocycles. The van der Waals surface area contributed by atoms with E-state index in [0.717, 1.165) is 5.69 Å². The molecule has 2 rings (SSSR count). The van der Waals surface area contributed by atoms with Crippen LogP contribution < -0.4 is 10.1 Å². The molecule has 1 aromatic heterocycles. The second-order valence-electron chi connectivity index (χ2n) is 4.35. The quantitative estimate of drug-likeness (QED) is 0.863. The van der Waals surface area contributed by atoms with Crippen LogP contribution in [0.15, 0.2) is 30.3 Å². The van der Waals surface area contributed by atoms with Gasteiger partial charge in [0.2, 0.25) is 0 Å². The highest BCUT2D eigenvalue weighted by molar-refractivity contribution is 6.02. The predicted octanol–water partition coefficient (Wildman–Crippen LogP) is 1.35. The van der Waals surface area contributed by atoms with E-state index in [1.54, 1.807) is 42.1 Å². The van der Waals surface area contributed by atoms with Crippen molar-refractivity contribution in [3.8, 4) is 5.75 Å². The summed E-state index contributed by atoms with van der Waals surface area (Å²) in [7, 11) is 1.79. The summed E-state index contributed by atoms with van der Waals surface area (Å²) in [5.41, 5.74) is 1.96. The largest absolute Gasteiger partial charge is 0.491 e. The maximum absolute atomic E-state index is 12.0. The zero-order valence-corrected chi connectivity index (χ0v) is 11.5. The lowest BCUT2D eigenvalue weighted by molar-refractivity contribution is 0.102. The Bertz CT molecular complexity index is 571. The Morgan fingerprint density at radius 2 is 2.10 bits per heavy atom. The molecule has 20 heavy (non-hydrogen) atoms. The minimum Gasteiger partial charge on any atom is -0.491 e. The lowest BCUT2D eigenvalue weighted by Gasteiger charge is -2.06. The van der Waals surface area contributed by atoms with Crippen LogP contribution in [0.5, 0.6) is 5.75 Å². The number of aliphatic hydroxyl groups is 1. The third kappa shape index (κ3) is 3.36. The maximum atomic E-state index is 12.0. The van der Waals surface area contributed by atoms with Gasteiger partial charge >= 0.3 is 0 Å². The van der Waals surface area contributed by atoms with Crippen LogP contribution in [-0.4, -0.2) is 34.0 Å². The number of benzene rings is 1. The highest BCUT2D eigenvalue weighted by Gasteiger charge is 2.11. The predicted molar refractivity (Wildman–Crippen MR) is 74.9 cm³/mol. The summed E-state index contributed by atoms with van der Waals surface area (Å²) in [5, 5.41) is 15.5. The molecule has 2 N–H and O–H groups in total. The highest BCUT2D eigenvalue weighted by atomic mass is 16.5. The summed E-state index contributed by atoms with van der Waals surface area (Å²) in [6, 6.07) is 8.67. The van der Waals surface area contributed by atoms with Gasteiger partial charge in [0, 0.05) is 18.4 Å².